The Morgan fingerprint density at radius 2 is 2.10 bits per heavy atom. The molecule has 0 spiro atoms. The van der Waals surface area contributed by atoms with E-state index in [0.717, 1.165) is 30.2 Å². The number of Topliss-reactive ketones (excluding diaryl/α,β-unsaturated/α-hetero) is 1. The number of hydrogen-bond acceptors (Lipinski definition) is 5. The lowest BCUT2D eigenvalue weighted by molar-refractivity contribution is -0.0788. The Bertz CT molecular complexity index is 590. The summed E-state index contributed by atoms with van der Waals surface area (Å²) in [5.41, 5.74) is 0.528. The fourth-order valence-electron chi connectivity index (χ4n) is 3.00. The van der Waals surface area contributed by atoms with Crippen LogP contribution in [-0.4, -0.2) is 41.7 Å². The van der Waals surface area contributed by atoms with Crippen molar-refractivity contribution in [2.75, 3.05) is 20.2 Å². The van der Waals surface area contributed by atoms with Crippen molar-refractivity contribution >= 4 is 5.78 Å². The zero-order valence-electron chi connectivity index (χ0n) is 12.3. The molecule has 0 bridgehead atoms. The van der Waals surface area contributed by atoms with Crippen LogP contribution < -0.4 is 10.1 Å². The van der Waals surface area contributed by atoms with Crippen LogP contribution in [0.2, 0.25) is 0 Å². The molecule has 2 aliphatic heterocycles. The van der Waals surface area contributed by atoms with Crippen molar-refractivity contribution in [3.63, 3.8) is 0 Å². The van der Waals surface area contributed by atoms with Crippen molar-refractivity contribution in [1.29, 1.82) is 0 Å². The Balaban J connectivity index is 1.93. The van der Waals surface area contributed by atoms with E-state index in [4.69, 9.17) is 4.74 Å². The first-order valence-electron chi connectivity index (χ1n) is 7.19. The number of aliphatic hydroxyl groups is 1. The van der Waals surface area contributed by atoms with E-state index in [0.29, 0.717) is 18.4 Å². The third kappa shape index (κ3) is 2.38. The number of allylic oxidation sites excluding steroid dienone is 1. The summed E-state index contributed by atoms with van der Waals surface area (Å²) < 4.78 is 5.11. The van der Waals surface area contributed by atoms with Gasteiger partial charge in [0.1, 0.15) is 17.3 Å². The van der Waals surface area contributed by atoms with Gasteiger partial charge in [0.05, 0.1) is 7.11 Å². The normalized spacial score (nSPS) is 24.6. The summed E-state index contributed by atoms with van der Waals surface area (Å²) in [6.07, 6.45) is 1.14. The number of methoxy groups -OCH3 is 1. The number of hydrogen-bond donors (Lipinski definition) is 2. The van der Waals surface area contributed by atoms with Crippen LogP contribution >= 0.6 is 0 Å². The van der Waals surface area contributed by atoms with Crippen molar-refractivity contribution in [3.05, 3.63) is 41.2 Å². The molecular formula is C16H20N2O3. The molecule has 1 aromatic carbocycles. The first-order chi connectivity index (χ1) is 10.0. The quantitative estimate of drug-likeness (QED) is 0.825. The summed E-state index contributed by atoms with van der Waals surface area (Å²) in [5.74, 6) is 1.53. The van der Waals surface area contributed by atoms with Crippen LogP contribution in [0.25, 0.3) is 0 Å². The predicted octanol–water partition coefficient (Wildman–Crippen LogP) is 1.50. The number of carbonyl (C=O) groups excluding carboxylic acids is 1. The van der Waals surface area contributed by atoms with Crippen LogP contribution in [0.3, 0.4) is 0 Å². The molecule has 2 aliphatic rings. The molecule has 21 heavy (non-hydrogen) atoms. The highest BCUT2D eigenvalue weighted by Crippen LogP contribution is 2.35. The number of carbonyl (C=O) groups is 1. The highest BCUT2D eigenvalue weighted by molar-refractivity contribution is 6.09. The average molecular weight is 288 g/mol. The maximum atomic E-state index is 12.7. The zero-order valence-corrected chi connectivity index (χ0v) is 12.3. The first-order valence-corrected chi connectivity index (χ1v) is 7.19. The number of ketones is 1. The molecule has 3 rings (SSSR count). The maximum Gasteiger partial charge on any atom is 0.192 e. The number of benzene rings is 1. The lowest BCUT2D eigenvalue weighted by Gasteiger charge is -2.40. The number of nitrogens with zero attached hydrogens (tertiary/aromatic N) is 1. The molecule has 112 valence electrons. The molecule has 2 N–H and O–H groups in total. The molecule has 5 nitrogen and oxygen atoms in total. The molecule has 1 unspecified atom stereocenters. The minimum atomic E-state index is -0.872. The molecule has 1 saturated heterocycles. The SMILES string of the molecule is COc1ccc(C(=O)C2=C3NCCN3C(C)(O)CC2)cc1. The lowest BCUT2D eigenvalue weighted by Crippen LogP contribution is -2.47. The largest absolute Gasteiger partial charge is 0.497 e. The highest BCUT2D eigenvalue weighted by Gasteiger charge is 2.40. The fourth-order valence-corrected chi connectivity index (χ4v) is 3.00. The molecule has 0 saturated carbocycles. The maximum absolute atomic E-state index is 12.7. The van der Waals surface area contributed by atoms with Gasteiger partial charge in [-0.1, -0.05) is 0 Å². The van der Waals surface area contributed by atoms with Gasteiger partial charge >= 0.3 is 0 Å². The van der Waals surface area contributed by atoms with Crippen LogP contribution in [0.15, 0.2) is 35.7 Å². The Kier molecular flexibility index (Phi) is 3.37. The van der Waals surface area contributed by atoms with Crippen LogP contribution in [-0.2, 0) is 0 Å². The van der Waals surface area contributed by atoms with E-state index in [1.165, 1.54) is 0 Å². The van der Waals surface area contributed by atoms with Gasteiger partial charge in [0.25, 0.3) is 0 Å². The predicted molar refractivity (Wildman–Crippen MR) is 78.9 cm³/mol. The average Bonchev–Trinajstić information content (AvgIpc) is 2.98. The topological polar surface area (TPSA) is 61.8 Å². The second-order valence-electron chi connectivity index (χ2n) is 5.68. The molecule has 0 aliphatic carbocycles. The first kappa shape index (κ1) is 13.9. The molecular weight excluding hydrogens is 268 g/mol. The minimum absolute atomic E-state index is 0.0163. The Labute approximate surface area is 124 Å². The van der Waals surface area contributed by atoms with Crippen molar-refractivity contribution in [2.45, 2.75) is 25.5 Å². The van der Waals surface area contributed by atoms with Gasteiger partial charge < -0.3 is 20.1 Å². The van der Waals surface area contributed by atoms with Gasteiger partial charge in [-0.25, -0.2) is 0 Å². The van der Waals surface area contributed by atoms with Crippen LogP contribution in [0.1, 0.15) is 30.1 Å². The second-order valence-corrected chi connectivity index (χ2v) is 5.68. The third-order valence-electron chi connectivity index (χ3n) is 4.24. The number of rotatable bonds is 3. The Morgan fingerprint density at radius 1 is 1.38 bits per heavy atom. The van der Waals surface area contributed by atoms with E-state index in [2.05, 4.69) is 5.32 Å². The van der Waals surface area contributed by atoms with Gasteiger partial charge in [-0.05, 0) is 44.0 Å². The standard InChI is InChI=1S/C16H20N2O3/c1-16(20)8-7-13(15-17-9-10-18(15)16)14(19)11-3-5-12(21-2)6-4-11/h3-6,17,20H,7-10H2,1-2H3. The van der Waals surface area contributed by atoms with E-state index < -0.39 is 5.72 Å². The van der Waals surface area contributed by atoms with Gasteiger partial charge in [0, 0.05) is 24.2 Å². The minimum Gasteiger partial charge on any atom is -0.497 e. The number of nitrogens with one attached hydrogen (secondary N) is 1. The van der Waals surface area contributed by atoms with Gasteiger partial charge in [-0.15, -0.1) is 0 Å². The van der Waals surface area contributed by atoms with E-state index in [-0.39, 0.29) is 5.78 Å². The van der Waals surface area contributed by atoms with Crippen LogP contribution in [0.5, 0.6) is 5.75 Å². The monoisotopic (exact) mass is 288 g/mol. The molecule has 0 amide bonds. The smallest absolute Gasteiger partial charge is 0.192 e. The molecule has 5 heteroatoms. The van der Waals surface area contributed by atoms with Gasteiger partial charge in [0.15, 0.2) is 5.78 Å². The van der Waals surface area contributed by atoms with E-state index in [9.17, 15) is 9.90 Å². The summed E-state index contributed by atoms with van der Waals surface area (Å²) in [4.78, 5) is 14.6. The van der Waals surface area contributed by atoms with Crippen molar-refractivity contribution < 1.29 is 14.6 Å². The van der Waals surface area contributed by atoms with Gasteiger partial charge in [-0.2, -0.15) is 0 Å². The van der Waals surface area contributed by atoms with E-state index in [1.54, 1.807) is 38.3 Å². The summed E-state index contributed by atoms with van der Waals surface area (Å²) >= 11 is 0. The van der Waals surface area contributed by atoms with Crippen molar-refractivity contribution in [1.82, 2.24) is 10.2 Å². The molecule has 0 aromatic heterocycles. The van der Waals surface area contributed by atoms with Gasteiger partial charge in [-0.3, -0.25) is 4.79 Å². The van der Waals surface area contributed by atoms with Crippen molar-refractivity contribution in [2.24, 2.45) is 0 Å². The molecule has 2 heterocycles. The Morgan fingerprint density at radius 3 is 2.76 bits per heavy atom. The molecule has 1 fully saturated rings. The number of ether oxygens (including phenoxy) is 1. The van der Waals surface area contributed by atoms with E-state index >= 15 is 0 Å². The zero-order chi connectivity index (χ0) is 15.0. The molecule has 1 atom stereocenters. The summed E-state index contributed by atoms with van der Waals surface area (Å²) in [6, 6.07) is 7.14. The van der Waals surface area contributed by atoms with Crippen LogP contribution in [0, 0.1) is 0 Å². The summed E-state index contributed by atoms with van der Waals surface area (Å²) in [5, 5.41) is 13.6. The molecule has 1 aromatic rings. The summed E-state index contributed by atoms with van der Waals surface area (Å²) in [6.45, 7) is 3.28. The fraction of sp³-hybridized carbons (Fsp3) is 0.438. The number of fused-ring (bicyclic) bond motifs is 1. The lowest BCUT2D eigenvalue weighted by atomic mass is 9.92. The van der Waals surface area contributed by atoms with Crippen molar-refractivity contribution in [3.8, 4) is 5.75 Å². The third-order valence-corrected chi connectivity index (χ3v) is 4.24. The van der Waals surface area contributed by atoms with Crippen LogP contribution in [0.4, 0.5) is 0 Å². The second kappa shape index (κ2) is 5.07. The Hall–Kier alpha value is -2.01. The molecule has 0 radical (unpaired) electrons. The van der Waals surface area contributed by atoms with E-state index in [1.807, 2.05) is 4.90 Å². The summed E-state index contributed by atoms with van der Waals surface area (Å²) in [7, 11) is 1.60. The van der Waals surface area contributed by atoms with Gasteiger partial charge in [0.2, 0.25) is 0 Å². The highest BCUT2D eigenvalue weighted by atomic mass is 16.5.